The molecule has 118 valence electrons. The number of aromatic nitrogens is 1. The van der Waals surface area contributed by atoms with Gasteiger partial charge in [0.25, 0.3) is 0 Å². The van der Waals surface area contributed by atoms with Crippen LogP contribution in [0, 0.1) is 20.8 Å². The van der Waals surface area contributed by atoms with Crippen LogP contribution in [0.15, 0.2) is 42.5 Å². The Hall–Kier alpha value is -2.55. The van der Waals surface area contributed by atoms with Crippen molar-refractivity contribution in [1.29, 1.82) is 0 Å². The van der Waals surface area contributed by atoms with Gasteiger partial charge in [-0.15, -0.1) is 0 Å². The number of aryl methyl sites for hydroxylation is 3. The van der Waals surface area contributed by atoms with Crippen LogP contribution >= 0.6 is 0 Å². The third kappa shape index (κ3) is 3.14. The Morgan fingerprint density at radius 3 is 2.57 bits per heavy atom. The minimum absolute atomic E-state index is 0.652. The van der Waals surface area contributed by atoms with Gasteiger partial charge in [-0.25, -0.2) is 4.98 Å². The third-order valence-corrected chi connectivity index (χ3v) is 3.91. The number of H-pyrrole nitrogens is 1. The maximum Gasteiger partial charge on any atom is 0.216 e. The van der Waals surface area contributed by atoms with E-state index in [0.717, 1.165) is 22.8 Å². The van der Waals surface area contributed by atoms with Crippen LogP contribution in [0.4, 0.5) is 11.4 Å². The molecular weight excluding hydrogens is 284 g/mol. The first-order valence-corrected chi connectivity index (χ1v) is 8.01. The van der Waals surface area contributed by atoms with Crippen molar-refractivity contribution in [2.45, 2.75) is 27.7 Å². The summed E-state index contributed by atoms with van der Waals surface area (Å²) >= 11 is 0. The molecule has 1 heterocycles. The summed E-state index contributed by atoms with van der Waals surface area (Å²) in [6.45, 7) is 9.01. The van der Waals surface area contributed by atoms with Gasteiger partial charge < -0.3 is 10.1 Å². The molecule has 0 saturated carbocycles. The monoisotopic (exact) mass is 307 g/mol. The number of pyridine rings is 1. The molecule has 0 radical (unpaired) electrons. The van der Waals surface area contributed by atoms with E-state index in [4.69, 9.17) is 4.74 Å². The van der Waals surface area contributed by atoms with Gasteiger partial charge in [0.1, 0.15) is 5.75 Å². The lowest BCUT2D eigenvalue weighted by Gasteiger charge is -2.14. The van der Waals surface area contributed by atoms with Gasteiger partial charge in [0.05, 0.1) is 23.4 Å². The highest BCUT2D eigenvalue weighted by atomic mass is 16.5. The number of hydrogen-bond acceptors (Lipinski definition) is 2. The van der Waals surface area contributed by atoms with Gasteiger partial charge in [0, 0.05) is 18.6 Å². The van der Waals surface area contributed by atoms with E-state index in [2.05, 4.69) is 49.3 Å². The van der Waals surface area contributed by atoms with Crippen molar-refractivity contribution in [3.63, 3.8) is 0 Å². The molecule has 3 heteroatoms. The molecule has 0 aliphatic rings. The summed E-state index contributed by atoms with van der Waals surface area (Å²) in [7, 11) is 0. The van der Waals surface area contributed by atoms with E-state index in [1.54, 1.807) is 0 Å². The first-order valence-electron chi connectivity index (χ1n) is 8.01. The molecule has 0 unspecified atom stereocenters. The highest BCUT2D eigenvalue weighted by Gasteiger charge is 2.14. The number of fused-ring (bicyclic) bond motifs is 1. The summed E-state index contributed by atoms with van der Waals surface area (Å²) in [5.74, 6) is 0.873. The summed E-state index contributed by atoms with van der Waals surface area (Å²) < 4.78 is 5.73. The minimum atomic E-state index is 0.652. The van der Waals surface area contributed by atoms with Gasteiger partial charge in [-0.05, 0) is 50.6 Å². The molecule has 0 saturated heterocycles. The van der Waals surface area contributed by atoms with Crippen molar-refractivity contribution in [2.24, 2.45) is 0 Å². The number of para-hydroxylation sites is 2. The molecule has 0 bridgehead atoms. The molecule has 0 aliphatic carbocycles. The lowest BCUT2D eigenvalue weighted by Crippen LogP contribution is -2.11. The van der Waals surface area contributed by atoms with Gasteiger partial charge in [0.15, 0.2) is 5.69 Å². The number of anilines is 2. The maximum atomic E-state index is 5.73. The topological polar surface area (TPSA) is 35.4 Å². The van der Waals surface area contributed by atoms with Crippen molar-refractivity contribution in [3.05, 3.63) is 59.3 Å². The molecule has 2 N–H and O–H groups in total. The molecule has 1 aromatic heterocycles. The number of benzene rings is 2. The highest BCUT2D eigenvalue weighted by molar-refractivity contribution is 5.93. The number of nitrogens with one attached hydrogen (secondary N) is 2. The van der Waals surface area contributed by atoms with Gasteiger partial charge in [-0.1, -0.05) is 12.1 Å². The first kappa shape index (κ1) is 15.3. The lowest BCUT2D eigenvalue weighted by atomic mass is 10.0. The van der Waals surface area contributed by atoms with E-state index >= 15 is 0 Å². The Morgan fingerprint density at radius 1 is 1.00 bits per heavy atom. The van der Waals surface area contributed by atoms with Crippen LogP contribution in [0.2, 0.25) is 0 Å². The van der Waals surface area contributed by atoms with Crippen LogP contribution in [-0.2, 0) is 0 Å². The fraction of sp³-hybridized carbons (Fsp3) is 0.250. The Labute approximate surface area is 137 Å². The van der Waals surface area contributed by atoms with Crippen LogP contribution in [0.25, 0.3) is 10.9 Å². The standard InChI is InChI=1S/C20H22N2O/c1-5-23-19-9-7-6-8-17(19)22-18-12-15(4)21-20-14(3)10-13(2)11-16(18)20/h6-12H,5H2,1-4H3,(H,21,22)/p+1. The van der Waals surface area contributed by atoms with Crippen molar-refractivity contribution < 1.29 is 9.72 Å². The van der Waals surface area contributed by atoms with E-state index in [1.807, 2.05) is 31.2 Å². The molecule has 0 atom stereocenters. The van der Waals surface area contributed by atoms with Gasteiger partial charge in [0.2, 0.25) is 5.52 Å². The molecule has 0 spiro atoms. The average molecular weight is 307 g/mol. The number of hydrogen-bond donors (Lipinski definition) is 1. The highest BCUT2D eigenvalue weighted by Crippen LogP contribution is 2.32. The second kappa shape index (κ2) is 6.29. The molecule has 3 nitrogen and oxygen atoms in total. The SMILES string of the molecule is CCOc1ccccc1Nc1cc(C)[nH+]c2c(C)cc(C)cc12. The zero-order valence-corrected chi connectivity index (χ0v) is 14.2. The third-order valence-electron chi connectivity index (χ3n) is 3.91. The van der Waals surface area contributed by atoms with Gasteiger partial charge in [-0.3, -0.25) is 0 Å². The zero-order valence-electron chi connectivity index (χ0n) is 14.2. The number of aromatic amines is 1. The Balaban J connectivity index is 2.13. The fourth-order valence-corrected chi connectivity index (χ4v) is 2.97. The van der Waals surface area contributed by atoms with E-state index < -0.39 is 0 Å². The molecule has 2 aromatic carbocycles. The summed E-state index contributed by atoms with van der Waals surface area (Å²) in [5.41, 5.74) is 6.89. The van der Waals surface area contributed by atoms with Crippen molar-refractivity contribution in [1.82, 2.24) is 0 Å². The molecule has 0 aliphatic heterocycles. The summed E-state index contributed by atoms with van der Waals surface area (Å²) in [6, 6.07) is 14.6. The Morgan fingerprint density at radius 2 is 1.78 bits per heavy atom. The van der Waals surface area contributed by atoms with Gasteiger partial charge in [-0.2, -0.15) is 0 Å². The number of ether oxygens (including phenoxy) is 1. The molecule has 0 amide bonds. The largest absolute Gasteiger partial charge is 0.492 e. The lowest BCUT2D eigenvalue weighted by molar-refractivity contribution is -0.354. The fourth-order valence-electron chi connectivity index (χ4n) is 2.97. The Bertz CT molecular complexity index is 856. The number of rotatable bonds is 4. The van der Waals surface area contributed by atoms with Gasteiger partial charge >= 0.3 is 0 Å². The smallest absolute Gasteiger partial charge is 0.216 e. The van der Waals surface area contributed by atoms with E-state index in [1.165, 1.54) is 22.0 Å². The van der Waals surface area contributed by atoms with Crippen LogP contribution in [0.1, 0.15) is 23.7 Å². The minimum Gasteiger partial charge on any atom is -0.492 e. The molecule has 3 rings (SSSR count). The van der Waals surface area contributed by atoms with E-state index in [-0.39, 0.29) is 0 Å². The van der Waals surface area contributed by atoms with Crippen molar-refractivity contribution in [2.75, 3.05) is 11.9 Å². The van der Waals surface area contributed by atoms with Crippen LogP contribution in [0.5, 0.6) is 5.75 Å². The quantitative estimate of drug-likeness (QED) is 0.757. The summed E-state index contributed by atoms with van der Waals surface area (Å²) in [4.78, 5) is 3.48. The van der Waals surface area contributed by atoms with E-state index in [0.29, 0.717) is 6.61 Å². The van der Waals surface area contributed by atoms with Crippen LogP contribution in [-0.4, -0.2) is 6.61 Å². The molecule has 3 aromatic rings. The second-order valence-corrected chi connectivity index (χ2v) is 5.92. The summed E-state index contributed by atoms with van der Waals surface area (Å²) in [5, 5.41) is 4.74. The van der Waals surface area contributed by atoms with Crippen LogP contribution < -0.4 is 15.0 Å². The van der Waals surface area contributed by atoms with Crippen LogP contribution in [0.3, 0.4) is 0 Å². The average Bonchev–Trinajstić information content (AvgIpc) is 2.51. The molecule has 23 heavy (non-hydrogen) atoms. The van der Waals surface area contributed by atoms with Crippen molar-refractivity contribution in [3.8, 4) is 5.75 Å². The normalized spacial score (nSPS) is 10.8. The molecular formula is C20H23N2O+. The van der Waals surface area contributed by atoms with Crippen molar-refractivity contribution >= 4 is 22.3 Å². The summed E-state index contributed by atoms with van der Waals surface area (Å²) in [6.07, 6.45) is 0. The Kier molecular flexibility index (Phi) is 4.20. The predicted molar refractivity (Wildman–Crippen MR) is 95.6 cm³/mol. The van der Waals surface area contributed by atoms with E-state index in [9.17, 15) is 0 Å². The first-order chi connectivity index (χ1) is 11.1. The second-order valence-electron chi connectivity index (χ2n) is 5.92. The maximum absolute atomic E-state index is 5.73. The molecule has 0 fully saturated rings. The predicted octanol–water partition coefficient (Wildman–Crippen LogP) is 4.72. The zero-order chi connectivity index (χ0) is 16.4.